The van der Waals surface area contributed by atoms with Gasteiger partial charge < -0.3 is 14.8 Å². The number of ether oxygens (including phenoxy) is 2. The highest BCUT2D eigenvalue weighted by atomic mass is 16.5. The van der Waals surface area contributed by atoms with Crippen LogP contribution in [0.4, 0.5) is 0 Å². The van der Waals surface area contributed by atoms with Crippen molar-refractivity contribution in [3.63, 3.8) is 0 Å². The predicted molar refractivity (Wildman–Crippen MR) is 87.8 cm³/mol. The molecule has 0 aromatic heterocycles. The molecule has 0 saturated carbocycles. The number of amides is 1. The molecule has 0 spiro atoms. The van der Waals surface area contributed by atoms with Crippen molar-refractivity contribution in [1.29, 1.82) is 5.26 Å². The second kappa shape index (κ2) is 8.35. The first kappa shape index (κ1) is 17.0. The molecule has 122 valence electrons. The van der Waals surface area contributed by atoms with Crippen molar-refractivity contribution in [2.24, 2.45) is 0 Å². The van der Waals surface area contributed by atoms with Crippen LogP contribution in [-0.2, 0) is 9.53 Å². The van der Waals surface area contributed by atoms with Gasteiger partial charge in [-0.2, -0.15) is 5.26 Å². The summed E-state index contributed by atoms with van der Waals surface area (Å²) in [5.41, 5.74) is 0.866. The van der Waals surface area contributed by atoms with Gasteiger partial charge in [-0.15, -0.1) is 0 Å². The number of nitriles is 1. The lowest BCUT2D eigenvalue weighted by Gasteiger charge is -2.10. The summed E-state index contributed by atoms with van der Waals surface area (Å²) in [6.07, 6.45) is 3.71. The van der Waals surface area contributed by atoms with E-state index in [9.17, 15) is 10.1 Å². The minimum atomic E-state index is -0.370. The monoisotopic (exact) mass is 314 g/mol. The number of carbonyl (C=O) groups is 1. The van der Waals surface area contributed by atoms with Gasteiger partial charge in [0, 0.05) is 13.2 Å². The van der Waals surface area contributed by atoms with E-state index >= 15 is 0 Å². The van der Waals surface area contributed by atoms with Crippen LogP contribution in [0, 0.1) is 11.3 Å². The van der Waals surface area contributed by atoms with Gasteiger partial charge in [0.25, 0.3) is 5.91 Å². The van der Waals surface area contributed by atoms with Crippen LogP contribution in [0.3, 0.4) is 0 Å². The highest BCUT2D eigenvalue weighted by Gasteiger charge is 2.17. The third kappa shape index (κ3) is 5.42. The lowest BCUT2D eigenvalue weighted by molar-refractivity contribution is -0.117. The van der Waals surface area contributed by atoms with Crippen molar-refractivity contribution < 1.29 is 14.3 Å². The van der Waals surface area contributed by atoms with Crippen molar-refractivity contribution in [3.05, 3.63) is 35.4 Å². The van der Waals surface area contributed by atoms with Gasteiger partial charge in [0.2, 0.25) is 0 Å². The fraction of sp³-hybridized carbons (Fsp3) is 0.444. The molecule has 0 radical (unpaired) electrons. The van der Waals surface area contributed by atoms with E-state index < -0.39 is 0 Å². The molecule has 5 heteroatoms. The molecular formula is C18H22N2O3. The van der Waals surface area contributed by atoms with E-state index in [1.807, 2.05) is 44.2 Å². The van der Waals surface area contributed by atoms with Gasteiger partial charge in [0.05, 0.1) is 12.2 Å². The zero-order valence-electron chi connectivity index (χ0n) is 13.5. The Kier molecular flexibility index (Phi) is 6.19. The molecule has 1 amide bonds. The lowest BCUT2D eigenvalue weighted by atomic mass is 10.1. The molecule has 1 aliphatic rings. The molecule has 1 saturated heterocycles. The van der Waals surface area contributed by atoms with Crippen LogP contribution >= 0.6 is 0 Å². The number of carbonyl (C=O) groups excluding carboxylic acids is 1. The van der Waals surface area contributed by atoms with Crippen molar-refractivity contribution in [1.82, 2.24) is 5.32 Å². The number of nitrogens with zero attached hydrogens (tertiary/aromatic N) is 1. The Labute approximate surface area is 136 Å². The Morgan fingerprint density at radius 3 is 2.78 bits per heavy atom. The molecule has 0 unspecified atom stereocenters. The SMILES string of the molecule is CC(C)Oc1ccc(/C=C(/C#N)C(=O)NC[C@H]2CCCO2)cc1. The second-order valence-corrected chi connectivity index (χ2v) is 5.75. The minimum absolute atomic E-state index is 0.0614. The van der Waals surface area contributed by atoms with Gasteiger partial charge in [-0.25, -0.2) is 0 Å². The smallest absolute Gasteiger partial charge is 0.262 e. The summed E-state index contributed by atoms with van der Waals surface area (Å²) < 4.78 is 11.0. The molecule has 1 aromatic carbocycles. The molecule has 1 atom stereocenters. The van der Waals surface area contributed by atoms with Crippen molar-refractivity contribution in [2.45, 2.75) is 38.9 Å². The van der Waals surface area contributed by atoms with Gasteiger partial charge >= 0.3 is 0 Å². The van der Waals surface area contributed by atoms with Crippen molar-refractivity contribution in [2.75, 3.05) is 13.2 Å². The Morgan fingerprint density at radius 2 is 2.22 bits per heavy atom. The molecule has 1 aromatic rings. The van der Waals surface area contributed by atoms with Crippen LogP contribution in [-0.4, -0.2) is 31.3 Å². The second-order valence-electron chi connectivity index (χ2n) is 5.75. The van der Waals surface area contributed by atoms with Crippen molar-refractivity contribution >= 4 is 12.0 Å². The molecule has 2 rings (SSSR count). The molecule has 5 nitrogen and oxygen atoms in total. The molecule has 1 heterocycles. The average molecular weight is 314 g/mol. The standard InChI is InChI=1S/C18H22N2O3/c1-13(2)23-16-7-5-14(6-8-16)10-15(11-19)18(21)20-12-17-4-3-9-22-17/h5-8,10,13,17H,3-4,9,12H2,1-2H3,(H,20,21)/b15-10-/t17-/m1/s1. The van der Waals surface area contributed by atoms with Crippen LogP contribution in [0.2, 0.25) is 0 Å². The minimum Gasteiger partial charge on any atom is -0.491 e. The quantitative estimate of drug-likeness (QED) is 0.647. The molecule has 1 N–H and O–H groups in total. The third-order valence-electron chi connectivity index (χ3n) is 3.44. The summed E-state index contributed by atoms with van der Waals surface area (Å²) in [6, 6.07) is 9.24. The van der Waals surface area contributed by atoms with Crippen molar-refractivity contribution in [3.8, 4) is 11.8 Å². The number of hydrogen-bond acceptors (Lipinski definition) is 4. The highest BCUT2D eigenvalue weighted by molar-refractivity contribution is 6.01. The Morgan fingerprint density at radius 1 is 1.48 bits per heavy atom. The Balaban J connectivity index is 1.96. The van der Waals surface area contributed by atoms with E-state index in [1.165, 1.54) is 0 Å². The molecule has 1 aliphatic heterocycles. The van der Waals surface area contributed by atoms with Gasteiger partial charge in [-0.05, 0) is 50.5 Å². The number of rotatable bonds is 6. The average Bonchev–Trinajstić information content (AvgIpc) is 3.04. The molecule has 0 bridgehead atoms. The van der Waals surface area contributed by atoms with E-state index in [2.05, 4.69) is 5.32 Å². The van der Waals surface area contributed by atoms with Gasteiger partial charge in [0.1, 0.15) is 17.4 Å². The van der Waals surface area contributed by atoms with E-state index in [-0.39, 0.29) is 23.7 Å². The van der Waals surface area contributed by atoms with E-state index in [0.29, 0.717) is 6.54 Å². The van der Waals surface area contributed by atoms with Gasteiger partial charge in [0.15, 0.2) is 0 Å². The van der Waals surface area contributed by atoms with E-state index in [4.69, 9.17) is 9.47 Å². The maximum Gasteiger partial charge on any atom is 0.262 e. The molecular weight excluding hydrogens is 292 g/mol. The first-order valence-electron chi connectivity index (χ1n) is 7.87. The summed E-state index contributed by atoms with van der Waals surface area (Å²) >= 11 is 0. The number of hydrogen-bond donors (Lipinski definition) is 1. The summed E-state index contributed by atoms with van der Waals surface area (Å²) in [4.78, 5) is 12.1. The first-order valence-corrected chi connectivity index (χ1v) is 7.87. The highest BCUT2D eigenvalue weighted by Crippen LogP contribution is 2.16. The molecule has 1 fully saturated rings. The van der Waals surface area contributed by atoms with E-state index in [1.54, 1.807) is 6.08 Å². The van der Waals surface area contributed by atoms with Crippen LogP contribution in [0.1, 0.15) is 32.3 Å². The lowest BCUT2D eigenvalue weighted by Crippen LogP contribution is -2.32. The number of nitrogens with one attached hydrogen (secondary N) is 1. The maximum absolute atomic E-state index is 12.1. The molecule has 23 heavy (non-hydrogen) atoms. The largest absolute Gasteiger partial charge is 0.491 e. The summed E-state index contributed by atoms with van der Waals surface area (Å²) in [7, 11) is 0. The Bertz CT molecular complexity index is 594. The fourth-order valence-electron chi connectivity index (χ4n) is 2.34. The first-order chi connectivity index (χ1) is 11.1. The van der Waals surface area contributed by atoms with E-state index in [0.717, 1.165) is 30.8 Å². The van der Waals surface area contributed by atoms with Crippen LogP contribution in [0.15, 0.2) is 29.8 Å². The normalized spacial score (nSPS) is 17.8. The maximum atomic E-state index is 12.1. The number of benzene rings is 1. The van der Waals surface area contributed by atoms with Crippen LogP contribution < -0.4 is 10.1 Å². The Hall–Kier alpha value is -2.32. The fourth-order valence-corrected chi connectivity index (χ4v) is 2.34. The predicted octanol–water partition coefficient (Wildman–Crippen LogP) is 2.68. The molecule has 0 aliphatic carbocycles. The van der Waals surface area contributed by atoms with Crippen LogP contribution in [0.5, 0.6) is 5.75 Å². The topological polar surface area (TPSA) is 71.3 Å². The third-order valence-corrected chi connectivity index (χ3v) is 3.44. The van der Waals surface area contributed by atoms with Gasteiger partial charge in [-0.1, -0.05) is 12.1 Å². The zero-order chi connectivity index (χ0) is 16.7. The van der Waals surface area contributed by atoms with Gasteiger partial charge in [-0.3, -0.25) is 4.79 Å². The summed E-state index contributed by atoms with van der Waals surface area (Å²) in [6.45, 7) is 5.10. The summed E-state index contributed by atoms with van der Waals surface area (Å²) in [5.74, 6) is 0.393. The summed E-state index contributed by atoms with van der Waals surface area (Å²) in [5, 5.41) is 11.9. The van der Waals surface area contributed by atoms with Crippen LogP contribution in [0.25, 0.3) is 6.08 Å². The zero-order valence-corrected chi connectivity index (χ0v) is 13.5.